The van der Waals surface area contributed by atoms with Gasteiger partial charge in [-0.15, -0.1) is 0 Å². The number of allylic oxidation sites excluding steroid dienone is 1. The summed E-state index contributed by atoms with van der Waals surface area (Å²) in [4.78, 5) is 4.25. The van der Waals surface area contributed by atoms with Crippen LogP contribution >= 0.6 is 0 Å². The zero-order chi connectivity index (χ0) is 4.99. The lowest BCUT2D eigenvalue weighted by Crippen LogP contribution is -1.69. The molecule has 0 aliphatic heterocycles. The van der Waals surface area contributed by atoms with Gasteiger partial charge in [0.25, 0.3) is 0 Å². The molecule has 0 aromatic rings. The molecule has 0 aliphatic rings. The predicted molar refractivity (Wildman–Crippen MR) is 24.4 cm³/mol. The minimum atomic E-state index is 0.498. The van der Waals surface area contributed by atoms with Crippen LogP contribution in [0, 0.1) is 0 Å². The van der Waals surface area contributed by atoms with Crippen molar-refractivity contribution in [2.75, 3.05) is 0 Å². The summed E-state index contributed by atoms with van der Waals surface area (Å²) in [6, 6.07) is 0. The number of hydrogen-bond acceptors (Lipinski definition) is 2. The first-order chi connectivity index (χ1) is 2.77. The molecule has 0 atom stereocenters. The maximum absolute atomic E-state index is 4.57. The summed E-state index contributed by atoms with van der Waals surface area (Å²) in [5, 5.41) is 2.84. The van der Waals surface area contributed by atoms with Crippen molar-refractivity contribution in [2.45, 2.75) is 6.92 Å². The van der Waals surface area contributed by atoms with Gasteiger partial charge in [0, 0.05) is 0 Å². The van der Waals surface area contributed by atoms with Crippen LogP contribution in [0.3, 0.4) is 0 Å². The van der Waals surface area contributed by atoms with Gasteiger partial charge in [0.15, 0.2) is 0 Å². The summed E-state index contributed by atoms with van der Waals surface area (Å²) in [5.74, 6) is 0.498. The number of nitrogens with zero attached hydrogens (tertiary/aromatic N) is 1. The van der Waals surface area contributed by atoms with Crippen LogP contribution in [0.15, 0.2) is 17.5 Å². The summed E-state index contributed by atoms with van der Waals surface area (Å²) >= 11 is 0. The lowest BCUT2D eigenvalue weighted by molar-refractivity contribution is 0.235. The van der Waals surface area contributed by atoms with Gasteiger partial charge in [-0.2, -0.15) is 0 Å². The molecule has 0 saturated carbocycles. The molecular weight excluding hydrogens is 78.0 g/mol. The first-order valence-corrected chi connectivity index (χ1v) is 1.50. The lowest BCUT2D eigenvalue weighted by atomic mass is 10.7. The summed E-state index contributed by atoms with van der Waals surface area (Å²) in [5.41, 5.74) is 0. The minimum absolute atomic E-state index is 0.498. The fourth-order valence-electron chi connectivity index (χ4n) is 0.0900. The lowest BCUT2D eigenvalue weighted by Gasteiger charge is -1.87. The third-order valence-electron chi connectivity index (χ3n) is 0.209. The first-order valence-electron chi connectivity index (χ1n) is 1.50. The van der Waals surface area contributed by atoms with Gasteiger partial charge in [-0.05, 0) is 6.92 Å². The van der Waals surface area contributed by atoms with E-state index in [4.69, 9.17) is 0 Å². The second kappa shape index (κ2) is 2.45. The topological polar surface area (TPSA) is 21.6 Å². The van der Waals surface area contributed by atoms with E-state index in [1.807, 2.05) is 0 Å². The van der Waals surface area contributed by atoms with Gasteiger partial charge in [-0.1, -0.05) is 11.7 Å². The van der Waals surface area contributed by atoms with Crippen LogP contribution < -0.4 is 0 Å². The number of rotatable bonds is 2. The van der Waals surface area contributed by atoms with E-state index in [1.54, 1.807) is 6.92 Å². The Morgan fingerprint density at radius 3 is 2.50 bits per heavy atom. The van der Waals surface area contributed by atoms with Crippen molar-refractivity contribution < 1.29 is 4.84 Å². The zero-order valence-electron chi connectivity index (χ0n) is 3.64. The predicted octanol–water partition coefficient (Wildman–Crippen LogP) is 1.03. The molecule has 1 radical (unpaired) electrons. The monoisotopic (exact) mass is 84.0 g/mol. The molecule has 2 heteroatoms. The first kappa shape index (κ1) is 5.21. The highest BCUT2D eigenvalue weighted by Crippen LogP contribution is 1.85. The highest BCUT2D eigenvalue weighted by atomic mass is 16.6. The summed E-state index contributed by atoms with van der Waals surface area (Å²) in [7, 11) is 0. The van der Waals surface area contributed by atoms with Crippen LogP contribution in [0.2, 0.25) is 0 Å². The van der Waals surface area contributed by atoms with E-state index in [0.717, 1.165) is 0 Å². The van der Waals surface area contributed by atoms with Gasteiger partial charge in [0.1, 0.15) is 5.76 Å². The van der Waals surface area contributed by atoms with E-state index < -0.39 is 0 Å². The molecule has 0 aromatic heterocycles. The SMILES string of the molecule is [CH]=NOC(=C)C. The molecule has 0 fully saturated rings. The Morgan fingerprint density at radius 1 is 2.00 bits per heavy atom. The summed E-state index contributed by atoms with van der Waals surface area (Å²) in [6.45, 7) is 9.58. The van der Waals surface area contributed by atoms with Crippen molar-refractivity contribution in [1.29, 1.82) is 0 Å². The number of hydrogen-bond donors (Lipinski definition) is 0. The van der Waals surface area contributed by atoms with Gasteiger partial charge in [0.05, 0.1) is 6.72 Å². The van der Waals surface area contributed by atoms with Gasteiger partial charge in [0.2, 0.25) is 0 Å². The molecule has 0 amide bonds. The molecule has 0 saturated heterocycles. The molecule has 0 N–H and O–H groups in total. The van der Waals surface area contributed by atoms with E-state index in [2.05, 4.69) is 23.3 Å². The molecule has 0 bridgehead atoms. The van der Waals surface area contributed by atoms with Gasteiger partial charge in [-0.3, -0.25) is 0 Å². The van der Waals surface area contributed by atoms with E-state index >= 15 is 0 Å². The molecule has 0 aromatic carbocycles. The normalized spacial score (nSPS) is 6.83. The standard InChI is InChI=1S/C4H6NO/c1-4(2)6-5-3/h3H,1H2,2H3. The van der Waals surface area contributed by atoms with E-state index in [1.165, 1.54) is 0 Å². The Morgan fingerprint density at radius 2 is 2.50 bits per heavy atom. The molecule has 2 nitrogen and oxygen atoms in total. The van der Waals surface area contributed by atoms with Crippen molar-refractivity contribution in [2.24, 2.45) is 5.16 Å². The van der Waals surface area contributed by atoms with Gasteiger partial charge >= 0.3 is 0 Å². The molecule has 6 heavy (non-hydrogen) atoms. The second-order valence-corrected chi connectivity index (χ2v) is 0.899. The Balaban J connectivity index is 3.05. The van der Waals surface area contributed by atoms with Crippen LogP contribution in [0.1, 0.15) is 6.92 Å². The van der Waals surface area contributed by atoms with E-state index in [0.29, 0.717) is 5.76 Å². The van der Waals surface area contributed by atoms with Gasteiger partial charge < -0.3 is 4.84 Å². The van der Waals surface area contributed by atoms with Crippen LogP contribution in [0.4, 0.5) is 0 Å². The molecule has 0 spiro atoms. The molecular formula is C4H6NO. The minimum Gasteiger partial charge on any atom is -0.362 e. The van der Waals surface area contributed by atoms with Crippen LogP contribution in [-0.2, 0) is 4.84 Å². The van der Waals surface area contributed by atoms with Crippen molar-refractivity contribution in [3.63, 3.8) is 0 Å². The van der Waals surface area contributed by atoms with E-state index in [9.17, 15) is 0 Å². The maximum atomic E-state index is 4.57. The van der Waals surface area contributed by atoms with Crippen molar-refractivity contribution in [3.8, 4) is 0 Å². The Hall–Kier alpha value is -0.790. The zero-order valence-corrected chi connectivity index (χ0v) is 3.64. The third-order valence-corrected chi connectivity index (χ3v) is 0.209. The summed E-state index contributed by atoms with van der Waals surface area (Å²) < 4.78 is 0. The average molecular weight is 84.1 g/mol. The Kier molecular flexibility index (Phi) is 2.13. The Bertz CT molecular complexity index is 67.9. The molecule has 0 heterocycles. The smallest absolute Gasteiger partial charge is 0.124 e. The van der Waals surface area contributed by atoms with E-state index in [-0.39, 0.29) is 0 Å². The molecule has 0 rings (SSSR count). The fraction of sp³-hybridized carbons (Fsp3) is 0.250. The van der Waals surface area contributed by atoms with Crippen LogP contribution in [-0.4, -0.2) is 6.72 Å². The fourth-order valence-corrected chi connectivity index (χ4v) is 0.0900. The largest absolute Gasteiger partial charge is 0.362 e. The average Bonchev–Trinajstić information content (AvgIpc) is 1.35. The third kappa shape index (κ3) is 3.21. The van der Waals surface area contributed by atoms with Crippen molar-refractivity contribution in [1.82, 2.24) is 0 Å². The van der Waals surface area contributed by atoms with Crippen molar-refractivity contribution >= 4 is 6.72 Å². The van der Waals surface area contributed by atoms with Crippen molar-refractivity contribution in [3.05, 3.63) is 12.3 Å². The maximum Gasteiger partial charge on any atom is 0.124 e. The molecule has 33 valence electrons. The highest BCUT2D eigenvalue weighted by Gasteiger charge is 1.71. The molecule has 0 aliphatic carbocycles. The van der Waals surface area contributed by atoms with Crippen LogP contribution in [0.25, 0.3) is 0 Å². The Labute approximate surface area is 37.1 Å². The molecule has 0 unspecified atom stereocenters. The van der Waals surface area contributed by atoms with Gasteiger partial charge in [-0.25, -0.2) is 0 Å². The summed E-state index contributed by atoms with van der Waals surface area (Å²) in [6.07, 6.45) is 0. The van der Waals surface area contributed by atoms with Crippen LogP contribution in [0.5, 0.6) is 0 Å². The second-order valence-electron chi connectivity index (χ2n) is 0.899. The quantitative estimate of drug-likeness (QED) is 0.278. The highest BCUT2D eigenvalue weighted by molar-refractivity contribution is 5.21.